The summed E-state index contributed by atoms with van der Waals surface area (Å²) in [7, 11) is 0. The number of nitrogens with zero attached hydrogens (tertiary/aromatic N) is 3. The molecule has 7 heteroatoms. The molecule has 3 aromatic rings. The van der Waals surface area contributed by atoms with E-state index in [1.54, 1.807) is 16.4 Å². The molecule has 2 heterocycles. The van der Waals surface area contributed by atoms with Gasteiger partial charge in [0.05, 0.1) is 5.25 Å². The third kappa shape index (κ3) is 4.11. The van der Waals surface area contributed by atoms with Gasteiger partial charge >= 0.3 is 0 Å². The number of carbonyl (C=O) groups is 1. The molecule has 1 atom stereocenters. The molecule has 0 radical (unpaired) electrons. The van der Waals surface area contributed by atoms with Crippen molar-refractivity contribution >= 4 is 17.7 Å². The summed E-state index contributed by atoms with van der Waals surface area (Å²) in [4.78, 5) is 17.1. The Kier molecular flexibility index (Phi) is 4.94. The van der Waals surface area contributed by atoms with Gasteiger partial charge in [-0.15, -0.1) is 16.9 Å². The molecule has 0 saturated heterocycles. The van der Waals surface area contributed by atoms with Crippen LogP contribution in [-0.2, 0) is 11.3 Å². The third-order valence-corrected chi connectivity index (χ3v) is 4.77. The summed E-state index contributed by atoms with van der Waals surface area (Å²) in [5.41, 5.74) is 6.57. The van der Waals surface area contributed by atoms with E-state index in [1.165, 1.54) is 5.56 Å². The fourth-order valence-corrected chi connectivity index (χ4v) is 3.43. The van der Waals surface area contributed by atoms with Crippen molar-refractivity contribution in [3.63, 3.8) is 0 Å². The molecule has 1 aromatic carbocycles. The van der Waals surface area contributed by atoms with E-state index in [1.807, 2.05) is 26.0 Å². The van der Waals surface area contributed by atoms with Crippen molar-refractivity contribution in [1.82, 2.24) is 14.8 Å². The average Bonchev–Trinajstić information content (AvgIpc) is 3.15. The second-order valence-corrected chi connectivity index (χ2v) is 7.32. The first-order valence-corrected chi connectivity index (χ1v) is 8.83. The molecule has 1 amide bonds. The smallest absolute Gasteiger partial charge is 0.239 e. The second-order valence-electron chi connectivity index (χ2n) is 5.90. The summed E-state index contributed by atoms with van der Waals surface area (Å²) >= 11 is 1.65. The van der Waals surface area contributed by atoms with Gasteiger partial charge in [0.15, 0.2) is 5.76 Å². The Bertz CT molecular complexity index is 883. The number of thioether (sulfide) groups is 1. The molecule has 0 bridgehead atoms. The number of furan rings is 1. The topological polar surface area (TPSA) is 86.9 Å². The predicted molar refractivity (Wildman–Crippen MR) is 97.1 cm³/mol. The lowest BCUT2D eigenvalue weighted by atomic mass is 10.2. The van der Waals surface area contributed by atoms with Crippen molar-refractivity contribution in [2.24, 2.45) is 5.73 Å². The van der Waals surface area contributed by atoms with Gasteiger partial charge < -0.3 is 10.2 Å². The molecule has 25 heavy (non-hydrogen) atoms. The van der Waals surface area contributed by atoms with Crippen LogP contribution in [0.4, 0.5) is 0 Å². The molecule has 2 N–H and O–H groups in total. The average molecular weight is 356 g/mol. The maximum atomic E-state index is 11.4. The highest BCUT2D eigenvalue weighted by atomic mass is 32.2. The number of benzene rings is 1. The van der Waals surface area contributed by atoms with Crippen LogP contribution in [0, 0.1) is 13.8 Å². The van der Waals surface area contributed by atoms with E-state index in [0.717, 1.165) is 10.7 Å². The second kappa shape index (κ2) is 7.14. The maximum absolute atomic E-state index is 11.4. The first-order chi connectivity index (χ1) is 11.9. The Morgan fingerprint density at radius 2 is 1.96 bits per heavy atom. The summed E-state index contributed by atoms with van der Waals surface area (Å²) in [6.45, 7) is 5.93. The summed E-state index contributed by atoms with van der Waals surface area (Å²) in [6, 6.07) is 12.0. The highest BCUT2D eigenvalue weighted by Crippen LogP contribution is 2.35. The Labute approximate surface area is 150 Å². The molecule has 0 aliphatic carbocycles. The minimum absolute atomic E-state index is 0.000588. The van der Waals surface area contributed by atoms with E-state index in [-0.39, 0.29) is 11.8 Å². The monoisotopic (exact) mass is 356 g/mol. The van der Waals surface area contributed by atoms with E-state index in [4.69, 9.17) is 10.2 Å². The van der Waals surface area contributed by atoms with Crippen molar-refractivity contribution in [3.05, 3.63) is 53.5 Å². The van der Waals surface area contributed by atoms with Crippen LogP contribution in [0.15, 0.2) is 45.7 Å². The lowest BCUT2D eigenvalue weighted by molar-refractivity contribution is -0.118. The van der Waals surface area contributed by atoms with E-state index in [2.05, 4.69) is 41.3 Å². The zero-order valence-electron chi connectivity index (χ0n) is 14.4. The molecular formula is C18H20N4O2S. The molecular weight excluding hydrogens is 336 g/mol. The number of primary amides is 1. The first-order valence-electron chi connectivity index (χ1n) is 7.95. The van der Waals surface area contributed by atoms with Crippen molar-refractivity contribution in [3.8, 4) is 11.6 Å². The van der Waals surface area contributed by atoms with Gasteiger partial charge in [-0.1, -0.05) is 17.7 Å². The van der Waals surface area contributed by atoms with E-state index < -0.39 is 5.91 Å². The minimum Gasteiger partial charge on any atom is -0.458 e. The van der Waals surface area contributed by atoms with Gasteiger partial charge in [0.2, 0.25) is 11.7 Å². The van der Waals surface area contributed by atoms with Crippen LogP contribution in [0.5, 0.6) is 0 Å². The largest absolute Gasteiger partial charge is 0.458 e. The van der Waals surface area contributed by atoms with Gasteiger partial charge in [0, 0.05) is 4.90 Å². The quantitative estimate of drug-likeness (QED) is 0.683. The molecule has 0 aliphatic heterocycles. The highest BCUT2D eigenvalue weighted by molar-refractivity contribution is 7.99. The van der Waals surface area contributed by atoms with Gasteiger partial charge in [0.25, 0.3) is 0 Å². The number of amides is 1. The number of hydrogen-bond donors (Lipinski definition) is 1. The number of nitrogens with two attached hydrogens (primary N) is 1. The van der Waals surface area contributed by atoms with Crippen LogP contribution < -0.4 is 5.73 Å². The Morgan fingerprint density at radius 3 is 2.56 bits per heavy atom. The van der Waals surface area contributed by atoms with Crippen molar-refractivity contribution in [2.75, 3.05) is 0 Å². The Balaban J connectivity index is 1.90. The van der Waals surface area contributed by atoms with Gasteiger partial charge in [0.1, 0.15) is 18.1 Å². The Morgan fingerprint density at radius 1 is 1.24 bits per heavy atom. The van der Waals surface area contributed by atoms with Crippen LogP contribution in [0.2, 0.25) is 0 Å². The summed E-state index contributed by atoms with van der Waals surface area (Å²) in [5, 5.41) is 4.41. The van der Waals surface area contributed by atoms with Crippen LogP contribution >= 0.6 is 11.8 Å². The predicted octanol–water partition coefficient (Wildman–Crippen LogP) is 3.49. The van der Waals surface area contributed by atoms with Crippen molar-refractivity contribution < 1.29 is 9.21 Å². The van der Waals surface area contributed by atoms with Gasteiger partial charge in [-0.2, -0.15) is 0 Å². The summed E-state index contributed by atoms with van der Waals surface area (Å²) < 4.78 is 7.15. The van der Waals surface area contributed by atoms with Gasteiger partial charge in [-0.3, -0.25) is 4.79 Å². The zero-order chi connectivity index (χ0) is 18.0. The van der Waals surface area contributed by atoms with Crippen LogP contribution in [0.25, 0.3) is 11.6 Å². The maximum Gasteiger partial charge on any atom is 0.239 e. The number of aromatic nitrogens is 3. The molecule has 3 rings (SSSR count). The SMILES string of the molecule is Cc1ccc(SC(C)c2nc(-c3ccc(C)o3)nn2CC(N)=O)cc1. The Hall–Kier alpha value is -2.54. The number of rotatable bonds is 6. The molecule has 2 aromatic heterocycles. The fourth-order valence-electron chi connectivity index (χ4n) is 2.45. The fraction of sp³-hybridized carbons (Fsp3) is 0.278. The molecule has 0 fully saturated rings. The van der Waals surface area contributed by atoms with Crippen molar-refractivity contribution in [1.29, 1.82) is 0 Å². The van der Waals surface area contributed by atoms with Crippen LogP contribution in [-0.4, -0.2) is 20.7 Å². The molecule has 1 unspecified atom stereocenters. The van der Waals surface area contributed by atoms with E-state index in [9.17, 15) is 4.79 Å². The molecule has 0 aliphatic rings. The number of carbonyl (C=O) groups excluding carboxylic acids is 1. The highest BCUT2D eigenvalue weighted by Gasteiger charge is 2.20. The summed E-state index contributed by atoms with van der Waals surface area (Å²) in [5.74, 6) is 2.05. The lowest BCUT2D eigenvalue weighted by Crippen LogP contribution is -2.21. The van der Waals surface area contributed by atoms with E-state index in [0.29, 0.717) is 17.4 Å². The molecule has 130 valence electrons. The van der Waals surface area contributed by atoms with Crippen molar-refractivity contribution in [2.45, 2.75) is 37.5 Å². The summed E-state index contributed by atoms with van der Waals surface area (Å²) in [6.07, 6.45) is 0. The standard InChI is InChI=1S/C18H20N4O2S/c1-11-4-7-14(8-5-11)25-13(3)18-20-17(15-9-6-12(2)24-15)21-22(18)10-16(19)23/h4-9,13H,10H2,1-3H3,(H2,19,23). The number of aryl methyl sites for hydroxylation is 2. The number of hydrogen-bond acceptors (Lipinski definition) is 5. The molecule has 6 nitrogen and oxygen atoms in total. The third-order valence-electron chi connectivity index (χ3n) is 3.66. The minimum atomic E-state index is -0.458. The van der Waals surface area contributed by atoms with Gasteiger partial charge in [-0.05, 0) is 45.0 Å². The molecule has 0 spiro atoms. The molecule has 0 saturated carbocycles. The zero-order valence-corrected chi connectivity index (χ0v) is 15.2. The lowest BCUT2D eigenvalue weighted by Gasteiger charge is -2.11. The van der Waals surface area contributed by atoms with Crippen LogP contribution in [0.3, 0.4) is 0 Å². The van der Waals surface area contributed by atoms with Crippen LogP contribution in [0.1, 0.15) is 29.3 Å². The van der Waals surface area contributed by atoms with Gasteiger partial charge in [-0.25, -0.2) is 9.67 Å². The van der Waals surface area contributed by atoms with E-state index >= 15 is 0 Å². The normalized spacial score (nSPS) is 12.3. The first kappa shape index (κ1) is 17.3.